The van der Waals surface area contributed by atoms with Crippen LogP contribution in [0.25, 0.3) is 10.8 Å². The summed E-state index contributed by atoms with van der Waals surface area (Å²) in [6.07, 6.45) is 1.96. The SMILES string of the molecule is COc1ccc(S(=O)(=O)N(CC(=O)Nc2ccc3c4c(cccc24)CC3)c2ccc(C)cc2)cc1OC. The van der Waals surface area contributed by atoms with E-state index >= 15 is 0 Å². The highest BCUT2D eigenvalue weighted by Crippen LogP contribution is 2.35. The van der Waals surface area contributed by atoms with Crippen LogP contribution in [0.4, 0.5) is 11.4 Å². The first-order valence-corrected chi connectivity index (χ1v) is 13.4. The summed E-state index contributed by atoms with van der Waals surface area (Å²) in [7, 11) is -1.20. The van der Waals surface area contributed by atoms with Crippen molar-refractivity contribution in [1.29, 1.82) is 0 Å². The van der Waals surface area contributed by atoms with Crippen LogP contribution in [-0.2, 0) is 27.7 Å². The van der Waals surface area contributed by atoms with Gasteiger partial charge < -0.3 is 14.8 Å². The van der Waals surface area contributed by atoms with Crippen molar-refractivity contribution in [3.8, 4) is 11.5 Å². The van der Waals surface area contributed by atoms with E-state index in [1.54, 1.807) is 12.1 Å². The molecule has 1 aliphatic rings. The summed E-state index contributed by atoms with van der Waals surface area (Å²) in [6, 6.07) is 21.4. The van der Waals surface area contributed by atoms with Crippen LogP contribution in [0.5, 0.6) is 11.5 Å². The number of ether oxygens (including phenoxy) is 2. The molecular weight excluding hydrogens is 488 g/mol. The first-order valence-electron chi connectivity index (χ1n) is 12.0. The zero-order valence-corrected chi connectivity index (χ0v) is 21.8. The molecule has 0 fully saturated rings. The number of anilines is 2. The Morgan fingerprint density at radius 2 is 1.59 bits per heavy atom. The molecule has 8 heteroatoms. The molecule has 0 bridgehead atoms. The van der Waals surface area contributed by atoms with Crippen LogP contribution in [0.2, 0.25) is 0 Å². The van der Waals surface area contributed by atoms with Gasteiger partial charge in [-0.15, -0.1) is 0 Å². The van der Waals surface area contributed by atoms with Gasteiger partial charge in [0.1, 0.15) is 6.54 Å². The Bertz CT molecular complexity index is 1590. The summed E-state index contributed by atoms with van der Waals surface area (Å²) in [4.78, 5) is 13.3. The number of hydrogen-bond acceptors (Lipinski definition) is 5. The molecule has 1 N–H and O–H groups in total. The number of hydrogen-bond donors (Lipinski definition) is 1. The van der Waals surface area contributed by atoms with E-state index in [0.717, 1.165) is 28.1 Å². The van der Waals surface area contributed by atoms with Gasteiger partial charge in [0.25, 0.3) is 10.0 Å². The predicted molar refractivity (Wildman–Crippen MR) is 145 cm³/mol. The van der Waals surface area contributed by atoms with Gasteiger partial charge in [-0.1, -0.05) is 42.0 Å². The molecule has 0 heterocycles. The molecule has 0 unspecified atom stereocenters. The molecular formula is C29H28N2O5S. The average molecular weight is 517 g/mol. The van der Waals surface area contributed by atoms with E-state index in [2.05, 4.69) is 11.4 Å². The quantitative estimate of drug-likeness (QED) is 0.352. The highest BCUT2D eigenvalue weighted by atomic mass is 32.2. The minimum Gasteiger partial charge on any atom is -0.493 e. The third-order valence-electron chi connectivity index (χ3n) is 6.70. The number of benzene rings is 4. The molecule has 0 spiro atoms. The van der Waals surface area contributed by atoms with Crippen LogP contribution in [0.1, 0.15) is 16.7 Å². The lowest BCUT2D eigenvalue weighted by Gasteiger charge is -2.25. The number of sulfonamides is 1. The van der Waals surface area contributed by atoms with Gasteiger partial charge in [-0.3, -0.25) is 9.10 Å². The number of methoxy groups -OCH3 is 2. The highest BCUT2D eigenvalue weighted by Gasteiger charge is 2.29. The second-order valence-corrected chi connectivity index (χ2v) is 10.9. The molecule has 0 aliphatic heterocycles. The Morgan fingerprint density at radius 1 is 0.892 bits per heavy atom. The van der Waals surface area contributed by atoms with Crippen molar-refractivity contribution in [3.05, 3.63) is 89.5 Å². The smallest absolute Gasteiger partial charge is 0.264 e. The normalized spacial score (nSPS) is 12.4. The zero-order valence-electron chi connectivity index (χ0n) is 20.9. The second kappa shape index (κ2) is 9.78. The van der Waals surface area contributed by atoms with Gasteiger partial charge in [0.15, 0.2) is 11.5 Å². The number of aryl methyl sites for hydroxylation is 3. The monoisotopic (exact) mass is 516 g/mol. The molecule has 0 saturated carbocycles. The Labute approximate surface area is 216 Å². The zero-order chi connectivity index (χ0) is 26.2. The van der Waals surface area contributed by atoms with Crippen molar-refractivity contribution in [3.63, 3.8) is 0 Å². The third kappa shape index (κ3) is 4.60. The average Bonchev–Trinajstić information content (AvgIpc) is 3.33. The predicted octanol–water partition coefficient (Wildman–Crippen LogP) is 5.10. The van der Waals surface area contributed by atoms with Crippen molar-refractivity contribution in [2.24, 2.45) is 0 Å². The molecule has 190 valence electrons. The van der Waals surface area contributed by atoms with Gasteiger partial charge in [0.2, 0.25) is 5.91 Å². The maximum atomic E-state index is 13.8. The molecule has 7 nitrogen and oxygen atoms in total. The standard InChI is InChI=1S/C29H28N2O5S/c1-19-7-12-22(13-8-19)31(37(33,34)23-14-16-26(35-2)27(17-23)36-3)18-28(32)30-25-15-11-21-10-9-20-5-4-6-24(25)29(20)21/h4-8,11-17H,9-10,18H2,1-3H3,(H,30,32). The van der Waals surface area contributed by atoms with Crippen molar-refractivity contribution < 1.29 is 22.7 Å². The Hall–Kier alpha value is -4.04. The van der Waals surface area contributed by atoms with Crippen LogP contribution in [-0.4, -0.2) is 35.1 Å². The number of rotatable bonds is 8. The van der Waals surface area contributed by atoms with Gasteiger partial charge in [-0.25, -0.2) is 8.42 Å². The number of amides is 1. The van der Waals surface area contributed by atoms with Crippen molar-refractivity contribution in [2.75, 3.05) is 30.4 Å². The van der Waals surface area contributed by atoms with E-state index in [-0.39, 0.29) is 10.6 Å². The molecule has 4 aromatic rings. The number of carbonyl (C=O) groups is 1. The maximum Gasteiger partial charge on any atom is 0.264 e. The van der Waals surface area contributed by atoms with Crippen LogP contribution < -0.4 is 19.1 Å². The van der Waals surface area contributed by atoms with E-state index in [0.29, 0.717) is 17.1 Å². The second-order valence-electron chi connectivity index (χ2n) is 9.02. The number of nitrogens with zero attached hydrogens (tertiary/aromatic N) is 1. The number of carbonyl (C=O) groups excluding carboxylic acids is 1. The van der Waals surface area contributed by atoms with Gasteiger partial charge in [-0.2, -0.15) is 0 Å². The third-order valence-corrected chi connectivity index (χ3v) is 8.47. The van der Waals surface area contributed by atoms with Gasteiger partial charge in [0, 0.05) is 17.1 Å². The molecule has 0 aromatic heterocycles. The summed E-state index contributed by atoms with van der Waals surface area (Å²) in [5, 5.41) is 5.09. The molecule has 1 aliphatic carbocycles. The fourth-order valence-electron chi connectivity index (χ4n) is 4.81. The van der Waals surface area contributed by atoms with E-state index in [9.17, 15) is 13.2 Å². The first kappa shape index (κ1) is 24.6. The molecule has 0 radical (unpaired) electrons. The maximum absolute atomic E-state index is 13.8. The van der Waals surface area contributed by atoms with Crippen molar-refractivity contribution in [1.82, 2.24) is 0 Å². The van der Waals surface area contributed by atoms with E-state index in [1.165, 1.54) is 48.9 Å². The molecule has 1 amide bonds. The van der Waals surface area contributed by atoms with Crippen LogP contribution in [0.3, 0.4) is 0 Å². The molecule has 0 atom stereocenters. The lowest BCUT2D eigenvalue weighted by molar-refractivity contribution is -0.114. The summed E-state index contributed by atoms with van der Waals surface area (Å²) in [5.41, 5.74) is 4.56. The van der Waals surface area contributed by atoms with Crippen LogP contribution >= 0.6 is 0 Å². The van der Waals surface area contributed by atoms with Crippen LogP contribution in [0, 0.1) is 6.92 Å². The fraction of sp³-hybridized carbons (Fsp3) is 0.207. The summed E-state index contributed by atoms with van der Waals surface area (Å²) < 4.78 is 39.3. The minimum atomic E-state index is -4.12. The Morgan fingerprint density at radius 3 is 2.30 bits per heavy atom. The minimum absolute atomic E-state index is 0.0103. The topological polar surface area (TPSA) is 84.9 Å². The molecule has 4 aromatic carbocycles. The lowest BCUT2D eigenvalue weighted by Crippen LogP contribution is -2.38. The van der Waals surface area contributed by atoms with Crippen molar-refractivity contribution >= 4 is 38.1 Å². The summed E-state index contributed by atoms with van der Waals surface area (Å²) in [6.45, 7) is 1.52. The van der Waals surface area contributed by atoms with Crippen molar-refractivity contribution in [2.45, 2.75) is 24.7 Å². The van der Waals surface area contributed by atoms with E-state index in [4.69, 9.17) is 9.47 Å². The number of nitrogens with one attached hydrogen (secondary N) is 1. The lowest BCUT2D eigenvalue weighted by atomic mass is 10.0. The van der Waals surface area contributed by atoms with Gasteiger partial charge in [0.05, 0.1) is 24.8 Å². The van der Waals surface area contributed by atoms with Gasteiger partial charge in [-0.05, 0) is 66.6 Å². The first-order chi connectivity index (χ1) is 17.8. The molecule has 5 rings (SSSR count). The Balaban J connectivity index is 1.50. The Kier molecular flexibility index (Phi) is 6.52. The molecule has 37 heavy (non-hydrogen) atoms. The molecule has 0 saturated heterocycles. The van der Waals surface area contributed by atoms with Gasteiger partial charge >= 0.3 is 0 Å². The van der Waals surface area contributed by atoms with E-state index < -0.39 is 22.5 Å². The van der Waals surface area contributed by atoms with Crippen LogP contribution in [0.15, 0.2) is 77.7 Å². The van der Waals surface area contributed by atoms with E-state index in [1.807, 2.05) is 43.3 Å². The largest absolute Gasteiger partial charge is 0.493 e. The fourth-order valence-corrected chi connectivity index (χ4v) is 6.24. The summed E-state index contributed by atoms with van der Waals surface area (Å²) >= 11 is 0. The summed E-state index contributed by atoms with van der Waals surface area (Å²) in [5.74, 6) is 0.251. The highest BCUT2D eigenvalue weighted by molar-refractivity contribution is 7.92.